The summed E-state index contributed by atoms with van der Waals surface area (Å²) in [6.45, 7) is 4.66. The van der Waals surface area contributed by atoms with Crippen molar-refractivity contribution >= 4 is 16.7 Å². The zero-order valence-corrected chi connectivity index (χ0v) is 11.5. The Labute approximate surface area is 116 Å². The standard InChI is InChI=1S/C16H16FN3/c1-10-5-15-16(6-11(10)2)20(9-19-15)8-12-7-13(17)3-4-14(12)18/h3-7,9H,8,18H2,1-2H3. The van der Waals surface area contributed by atoms with Crippen molar-refractivity contribution in [3.63, 3.8) is 0 Å². The number of halogens is 1. The molecule has 1 aromatic heterocycles. The molecule has 0 amide bonds. The fourth-order valence-corrected chi connectivity index (χ4v) is 2.33. The lowest BCUT2D eigenvalue weighted by molar-refractivity contribution is 0.624. The zero-order chi connectivity index (χ0) is 14.3. The van der Waals surface area contributed by atoms with E-state index in [0.717, 1.165) is 16.6 Å². The minimum absolute atomic E-state index is 0.273. The predicted molar refractivity (Wildman–Crippen MR) is 79.1 cm³/mol. The van der Waals surface area contributed by atoms with Crippen molar-refractivity contribution in [2.75, 3.05) is 5.73 Å². The van der Waals surface area contributed by atoms with E-state index in [1.807, 2.05) is 4.57 Å². The second kappa shape index (κ2) is 4.63. The van der Waals surface area contributed by atoms with E-state index in [1.165, 1.54) is 23.3 Å². The molecule has 0 saturated carbocycles. The summed E-state index contributed by atoms with van der Waals surface area (Å²) in [5.41, 5.74) is 11.7. The third-order valence-corrected chi connectivity index (χ3v) is 3.68. The number of hydrogen-bond acceptors (Lipinski definition) is 2. The lowest BCUT2D eigenvalue weighted by Gasteiger charge is -2.09. The van der Waals surface area contributed by atoms with Crippen LogP contribution in [-0.4, -0.2) is 9.55 Å². The third kappa shape index (κ3) is 2.13. The minimum atomic E-state index is -0.273. The monoisotopic (exact) mass is 269 g/mol. The van der Waals surface area contributed by atoms with E-state index in [9.17, 15) is 4.39 Å². The SMILES string of the molecule is Cc1cc2ncn(Cc3cc(F)ccc3N)c2cc1C. The Morgan fingerprint density at radius 2 is 1.90 bits per heavy atom. The number of aryl methyl sites for hydroxylation is 2. The molecule has 4 heteroatoms. The van der Waals surface area contributed by atoms with Gasteiger partial charge in [-0.1, -0.05) is 0 Å². The van der Waals surface area contributed by atoms with Gasteiger partial charge in [0.1, 0.15) is 5.82 Å². The maximum absolute atomic E-state index is 13.3. The lowest BCUT2D eigenvalue weighted by atomic mass is 10.1. The molecule has 0 saturated heterocycles. The molecule has 1 heterocycles. The Hall–Kier alpha value is -2.36. The van der Waals surface area contributed by atoms with Gasteiger partial charge in [0.05, 0.1) is 23.9 Å². The lowest BCUT2D eigenvalue weighted by Crippen LogP contribution is -2.02. The fourth-order valence-electron chi connectivity index (χ4n) is 2.33. The van der Waals surface area contributed by atoms with E-state index in [4.69, 9.17) is 5.73 Å². The highest BCUT2D eigenvalue weighted by Crippen LogP contribution is 2.21. The number of imidazole rings is 1. The van der Waals surface area contributed by atoms with Gasteiger partial charge in [0.2, 0.25) is 0 Å². The van der Waals surface area contributed by atoms with Crippen LogP contribution in [0.5, 0.6) is 0 Å². The summed E-state index contributed by atoms with van der Waals surface area (Å²) >= 11 is 0. The van der Waals surface area contributed by atoms with Crippen LogP contribution in [0.2, 0.25) is 0 Å². The van der Waals surface area contributed by atoms with Crippen LogP contribution in [0.3, 0.4) is 0 Å². The first-order valence-electron chi connectivity index (χ1n) is 6.50. The van der Waals surface area contributed by atoms with Crippen LogP contribution in [0.4, 0.5) is 10.1 Å². The molecule has 2 aromatic carbocycles. The van der Waals surface area contributed by atoms with Gasteiger partial charge in [0.15, 0.2) is 0 Å². The molecule has 0 aliphatic carbocycles. The van der Waals surface area contributed by atoms with Gasteiger partial charge in [0, 0.05) is 5.69 Å². The van der Waals surface area contributed by atoms with Gasteiger partial charge >= 0.3 is 0 Å². The topological polar surface area (TPSA) is 43.8 Å². The number of aromatic nitrogens is 2. The number of benzene rings is 2. The Morgan fingerprint density at radius 1 is 1.15 bits per heavy atom. The number of rotatable bonds is 2. The van der Waals surface area contributed by atoms with Crippen LogP contribution in [0, 0.1) is 19.7 Å². The summed E-state index contributed by atoms with van der Waals surface area (Å²) in [6, 6.07) is 8.61. The Balaban J connectivity index is 2.07. The molecular weight excluding hydrogens is 253 g/mol. The first-order chi connectivity index (χ1) is 9.54. The van der Waals surface area contributed by atoms with Crippen molar-refractivity contribution in [3.8, 4) is 0 Å². The molecule has 3 nitrogen and oxygen atoms in total. The summed E-state index contributed by atoms with van der Waals surface area (Å²) in [5.74, 6) is -0.273. The Bertz CT molecular complexity index is 790. The summed E-state index contributed by atoms with van der Waals surface area (Å²) in [7, 11) is 0. The number of nitrogens with two attached hydrogens (primary N) is 1. The minimum Gasteiger partial charge on any atom is -0.398 e. The fraction of sp³-hybridized carbons (Fsp3) is 0.188. The van der Waals surface area contributed by atoms with Gasteiger partial charge in [-0.2, -0.15) is 0 Å². The summed E-state index contributed by atoms with van der Waals surface area (Å²) in [4.78, 5) is 4.40. The van der Waals surface area contributed by atoms with E-state index in [2.05, 4.69) is 31.0 Å². The van der Waals surface area contributed by atoms with Crippen molar-refractivity contribution in [2.45, 2.75) is 20.4 Å². The molecule has 0 radical (unpaired) electrons. The molecule has 3 aromatic rings. The van der Waals surface area contributed by atoms with Crippen molar-refractivity contribution in [3.05, 3.63) is 59.2 Å². The zero-order valence-electron chi connectivity index (χ0n) is 11.5. The van der Waals surface area contributed by atoms with E-state index < -0.39 is 0 Å². The number of hydrogen-bond donors (Lipinski definition) is 1. The molecule has 0 aliphatic heterocycles. The smallest absolute Gasteiger partial charge is 0.123 e. The van der Waals surface area contributed by atoms with Crippen LogP contribution >= 0.6 is 0 Å². The Morgan fingerprint density at radius 3 is 2.70 bits per heavy atom. The van der Waals surface area contributed by atoms with E-state index in [1.54, 1.807) is 12.4 Å². The van der Waals surface area contributed by atoms with Gasteiger partial charge in [-0.25, -0.2) is 9.37 Å². The second-order valence-corrected chi connectivity index (χ2v) is 5.14. The van der Waals surface area contributed by atoms with Gasteiger partial charge in [-0.15, -0.1) is 0 Å². The summed E-state index contributed by atoms with van der Waals surface area (Å²) < 4.78 is 15.3. The highest BCUT2D eigenvalue weighted by molar-refractivity contribution is 5.77. The molecule has 0 spiro atoms. The summed E-state index contributed by atoms with van der Waals surface area (Å²) in [5, 5.41) is 0. The van der Waals surface area contributed by atoms with Crippen LogP contribution in [0.1, 0.15) is 16.7 Å². The van der Waals surface area contributed by atoms with Crippen LogP contribution in [0.25, 0.3) is 11.0 Å². The van der Waals surface area contributed by atoms with Crippen LogP contribution in [0.15, 0.2) is 36.7 Å². The first-order valence-corrected chi connectivity index (χ1v) is 6.50. The summed E-state index contributed by atoms with van der Waals surface area (Å²) in [6.07, 6.45) is 1.77. The maximum atomic E-state index is 13.3. The average Bonchev–Trinajstić information content (AvgIpc) is 2.77. The molecule has 0 aliphatic rings. The van der Waals surface area contributed by atoms with Crippen molar-refractivity contribution < 1.29 is 4.39 Å². The Kier molecular flexibility index (Phi) is 2.93. The largest absolute Gasteiger partial charge is 0.398 e. The van der Waals surface area contributed by atoms with E-state index in [0.29, 0.717) is 12.2 Å². The number of nitrogen functional groups attached to an aromatic ring is 1. The first kappa shape index (κ1) is 12.7. The second-order valence-electron chi connectivity index (χ2n) is 5.14. The molecular formula is C16H16FN3. The molecule has 0 fully saturated rings. The van der Waals surface area contributed by atoms with Gasteiger partial charge < -0.3 is 10.3 Å². The van der Waals surface area contributed by atoms with E-state index in [-0.39, 0.29) is 5.82 Å². The molecule has 0 bridgehead atoms. The van der Waals surface area contributed by atoms with E-state index >= 15 is 0 Å². The molecule has 102 valence electrons. The molecule has 20 heavy (non-hydrogen) atoms. The van der Waals surface area contributed by atoms with Gasteiger partial charge in [0.25, 0.3) is 0 Å². The van der Waals surface area contributed by atoms with Crippen molar-refractivity contribution in [1.82, 2.24) is 9.55 Å². The number of anilines is 1. The van der Waals surface area contributed by atoms with Crippen molar-refractivity contribution in [1.29, 1.82) is 0 Å². The van der Waals surface area contributed by atoms with Gasteiger partial charge in [-0.3, -0.25) is 0 Å². The number of nitrogens with zero attached hydrogens (tertiary/aromatic N) is 2. The number of fused-ring (bicyclic) bond motifs is 1. The molecule has 3 rings (SSSR count). The highest BCUT2D eigenvalue weighted by atomic mass is 19.1. The van der Waals surface area contributed by atoms with Crippen molar-refractivity contribution in [2.24, 2.45) is 0 Å². The third-order valence-electron chi connectivity index (χ3n) is 3.68. The predicted octanol–water partition coefficient (Wildman–Crippen LogP) is 3.42. The maximum Gasteiger partial charge on any atom is 0.123 e. The molecule has 0 unspecified atom stereocenters. The normalized spacial score (nSPS) is 11.2. The molecule has 2 N–H and O–H groups in total. The average molecular weight is 269 g/mol. The quantitative estimate of drug-likeness (QED) is 0.724. The highest BCUT2D eigenvalue weighted by Gasteiger charge is 2.08. The molecule has 0 atom stereocenters. The van der Waals surface area contributed by atoms with Crippen LogP contribution < -0.4 is 5.73 Å². The van der Waals surface area contributed by atoms with Crippen LogP contribution in [-0.2, 0) is 6.54 Å². The van der Waals surface area contributed by atoms with Gasteiger partial charge in [-0.05, 0) is 60.9 Å².